The maximum atomic E-state index is 13.2. The summed E-state index contributed by atoms with van der Waals surface area (Å²) in [5, 5.41) is 4.34. The third-order valence-electron chi connectivity index (χ3n) is 3.11. The minimum absolute atomic E-state index is 0.0657. The summed E-state index contributed by atoms with van der Waals surface area (Å²) in [6.07, 6.45) is 0.785. The van der Waals surface area contributed by atoms with E-state index >= 15 is 0 Å². The molecule has 3 rings (SSSR count). The van der Waals surface area contributed by atoms with Crippen molar-refractivity contribution in [3.05, 3.63) is 71.5 Å². The van der Waals surface area contributed by atoms with Gasteiger partial charge in [-0.3, -0.25) is 0 Å². The fraction of sp³-hybridized carbons (Fsp3) is 0.133. The van der Waals surface area contributed by atoms with Crippen LogP contribution in [0, 0.1) is 5.82 Å². The molecule has 1 unspecified atom stereocenters. The topological polar surface area (TPSA) is 24.4 Å². The van der Waals surface area contributed by atoms with Crippen molar-refractivity contribution >= 4 is 5.71 Å². The van der Waals surface area contributed by atoms with Gasteiger partial charge in [0.15, 0.2) is 0 Å². The molecule has 2 nitrogen and oxygen atoms in total. The molecular formula is C15H13FN2. The Morgan fingerprint density at radius 3 is 2.67 bits per heavy atom. The van der Waals surface area contributed by atoms with Crippen molar-refractivity contribution in [3.8, 4) is 0 Å². The number of nitrogens with one attached hydrogen (secondary N) is 1. The van der Waals surface area contributed by atoms with Crippen molar-refractivity contribution < 1.29 is 4.39 Å². The molecule has 1 N–H and O–H groups in total. The zero-order valence-electron chi connectivity index (χ0n) is 9.81. The van der Waals surface area contributed by atoms with E-state index in [-0.39, 0.29) is 11.9 Å². The monoisotopic (exact) mass is 240 g/mol. The Labute approximate surface area is 105 Å². The number of hydrazone groups is 1. The van der Waals surface area contributed by atoms with E-state index < -0.39 is 0 Å². The first-order chi connectivity index (χ1) is 8.83. The average molecular weight is 240 g/mol. The van der Waals surface area contributed by atoms with Gasteiger partial charge in [0, 0.05) is 6.42 Å². The molecule has 0 fully saturated rings. The van der Waals surface area contributed by atoms with Crippen LogP contribution in [0.3, 0.4) is 0 Å². The molecule has 1 aliphatic rings. The molecule has 1 atom stereocenters. The normalized spacial score (nSPS) is 18.3. The van der Waals surface area contributed by atoms with Gasteiger partial charge in [-0.15, -0.1) is 0 Å². The zero-order valence-corrected chi connectivity index (χ0v) is 9.81. The van der Waals surface area contributed by atoms with Gasteiger partial charge in [-0.05, 0) is 23.3 Å². The molecule has 0 spiro atoms. The molecule has 0 saturated carbocycles. The summed E-state index contributed by atoms with van der Waals surface area (Å²) in [7, 11) is 0. The van der Waals surface area contributed by atoms with Gasteiger partial charge in [0.1, 0.15) is 5.82 Å². The van der Waals surface area contributed by atoms with Crippen molar-refractivity contribution in [2.75, 3.05) is 0 Å². The Morgan fingerprint density at radius 1 is 1.06 bits per heavy atom. The zero-order chi connectivity index (χ0) is 12.4. The summed E-state index contributed by atoms with van der Waals surface area (Å²) in [5.74, 6) is -0.206. The first-order valence-corrected chi connectivity index (χ1v) is 5.96. The Balaban J connectivity index is 1.79. The number of benzene rings is 2. The summed E-state index contributed by atoms with van der Waals surface area (Å²) in [4.78, 5) is 0. The number of nitrogens with zero attached hydrogens (tertiary/aromatic N) is 1. The molecule has 0 amide bonds. The van der Waals surface area contributed by atoms with E-state index in [1.807, 2.05) is 36.4 Å². The molecule has 18 heavy (non-hydrogen) atoms. The van der Waals surface area contributed by atoms with E-state index in [1.165, 1.54) is 6.07 Å². The van der Waals surface area contributed by atoms with E-state index in [1.54, 1.807) is 12.1 Å². The third-order valence-corrected chi connectivity index (χ3v) is 3.11. The number of hydrogen-bond acceptors (Lipinski definition) is 2. The van der Waals surface area contributed by atoms with Gasteiger partial charge in [0.05, 0.1) is 11.8 Å². The van der Waals surface area contributed by atoms with Crippen LogP contribution in [0.1, 0.15) is 23.6 Å². The number of halogens is 1. The molecule has 2 aromatic carbocycles. The molecule has 0 aromatic heterocycles. The smallest absolute Gasteiger partial charge is 0.123 e. The molecule has 0 aliphatic carbocycles. The molecular weight excluding hydrogens is 227 g/mol. The van der Waals surface area contributed by atoms with Crippen molar-refractivity contribution in [2.24, 2.45) is 5.10 Å². The van der Waals surface area contributed by atoms with E-state index in [4.69, 9.17) is 0 Å². The van der Waals surface area contributed by atoms with Gasteiger partial charge in [-0.2, -0.15) is 5.10 Å². The molecule has 0 bridgehead atoms. The summed E-state index contributed by atoms with van der Waals surface area (Å²) in [6.45, 7) is 0. The highest BCUT2D eigenvalue weighted by Gasteiger charge is 2.21. The van der Waals surface area contributed by atoms with Gasteiger partial charge < -0.3 is 5.43 Å². The van der Waals surface area contributed by atoms with E-state index in [2.05, 4.69) is 10.5 Å². The van der Waals surface area contributed by atoms with E-state index in [0.29, 0.717) is 0 Å². The van der Waals surface area contributed by atoms with Crippen LogP contribution in [0.5, 0.6) is 0 Å². The highest BCUT2D eigenvalue weighted by Crippen LogP contribution is 2.24. The fourth-order valence-electron chi connectivity index (χ4n) is 2.17. The van der Waals surface area contributed by atoms with Gasteiger partial charge in [0.2, 0.25) is 0 Å². The van der Waals surface area contributed by atoms with Gasteiger partial charge in [0.25, 0.3) is 0 Å². The maximum absolute atomic E-state index is 13.2. The van der Waals surface area contributed by atoms with Gasteiger partial charge >= 0.3 is 0 Å². The molecule has 1 heterocycles. The minimum Gasteiger partial charge on any atom is -0.302 e. The predicted molar refractivity (Wildman–Crippen MR) is 69.9 cm³/mol. The lowest BCUT2D eigenvalue weighted by molar-refractivity contribution is 0.596. The number of hydrogen-bond donors (Lipinski definition) is 1. The second kappa shape index (κ2) is 4.61. The van der Waals surface area contributed by atoms with Crippen LogP contribution in [0.4, 0.5) is 4.39 Å². The van der Waals surface area contributed by atoms with Crippen molar-refractivity contribution in [1.29, 1.82) is 0 Å². The Kier molecular flexibility index (Phi) is 2.81. The molecule has 2 aromatic rings. The van der Waals surface area contributed by atoms with Gasteiger partial charge in [-0.25, -0.2) is 4.39 Å². The summed E-state index contributed by atoms with van der Waals surface area (Å²) < 4.78 is 13.2. The van der Waals surface area contributed by atoms with Crippen LogP contribution >= 0.6 is 0 Å². The standard InChI is InChI=1S/C15H13FN2/c16-13-8-4-7-12(9-13)15-10-14(17-18-15)11-5-2-1-3-6-11/h1-9,15,18H,10H2. The Bertz CT molecular complexity index is 578. The SMILES string of the molecule is Fc1cccc(C2CC(c3ccccc3)=NN2)c1. The lowest BCUT2D eigenvalue weighted by Gasteiger charge is -2.09. The van der Waals surface area contributed by atoms with Crippen LogP contribution in [-0.4, -0.2) is 5.71 Å². The van der Waals surface area contributed by atoms with Crippen molar-refractivity contribution in [1.82, 2.24) is 5.43 Å². The van der Waals surface area contributed by atoms with Gasteiger partial charge in [-0.1, -0.05) is 42.5 Å². The van der Waals surface area contributed by atoms with E-state index in [0.717, 1.165) is 23.3 Å². The minimum atomic E-state index is -0.206. The molecule has 0 radical (unpaired) electrons. The van der Waals surface area contributed by atoms with Crippen molar-refractivity contribution in [2.45, 2.75) is 12.5 Å². The van der Waals surface area contributed by atoms with Crippen LogP contribution in [0.15, 0.2) is 59.7 Å². The van der Waals surface area contributed by atoms with Crippen LogP contribution in [-0.2, 0) is 0 Å². The molecule has 90 valence electrons. The molecule has 1 aliphatic heterocycles. The largest absolute Gasteiger partial charge is 0.302 e. The first-order valence-electron chi connectivity index (χ1n) is 5.96. The molecule has 0 saturated heterocycles. The third kappa shape index (κ3) is 2.12. The second-order valence-corrected chi connectivity index (χ2v) is 4.37. The number of rotatable bonds is 2. The highest BCUT2D eigenvalue weighted by molar-refractivity contribution is 6.01. The maximum Gasteiger partial charge on any atom is 0.123 e. The average Bonchev–Trinajstić information content (AvgIpc) is 2.89. The van der Waals surface area contributed by atoms with Crippen molar-refractivity contribution in [3.63, 3.8) is 0 Å². The van der Waals surface area contributed by atoms with Crippen LogP contribution < -0.4 is 5.43 Å². The molecule has 3 heteroatoms. The lowest BCUT2D eigenvalue weighted by atomic mass is 9.99. The second-order valence-electron chi connectivity index (χ2n) is 4.37. The fourth-order valence-corrected chi connectivity index (χ4v) is 2.17. The lowest BCUT2D eigenvalue weighted by Crippen LogP contribution is -2.10. The van der Waals surface area contributed by atoms with Crippen LogP contribution in [0.25, 0.3) is 0 Å². The highest BCUT2D eigenvalue weighted by atomic mass is 19.1. The van der Waals surface area contributed by atoms with E-state index in [9.17, 15) is 4.39 Å². The summed E-state index contributed by atoms with van der Waals surface area (Å²) in [6, 6.07) is 16.8. The van der Waals surface area contributed by atoms with Crippen LogP contribution in [0.2, 0.25) is 0 Å². The summed E-state index contributed by atoms with van der Waals surface area (Å²) >= 11 is 0. The predicted octanol–water partition coefficient (Wildman–Crippen LogP) is 3.26. The Hall–Kier alpha value is -2.16. The first kappa shape index (κ1) is 11.0. The Morgan fingerprint density at radius 2 is 1.89 bits per heavy atom. The summed E-state index contributed by atoms with van der Waals surface area (Å²) in [5.41, 5.74) is 6.14. The quantitative estimate of drug-likeness (QED) is 0.856.